The highest BCUT2D eigenvalue weighted by atomic mass is 16.3. The number of nitrogens with two attached hydrogens (primary N) is 2. The Morgan fingerprint density at radius 2 is 2.09 bits per heavy atom. The second-order valence-corrected chi connectivity index (χ2v) is 4.32. The van der Waals surface area contributed by atoms with Crippen molar-refractivity contribution in [1.82, 2.24) is 10.2 Å². The molecule has 2 aromatic rings. The van der Waals surface area contributed by atoms with Gasteiger partial charge in [-0.3, -0.25) is 0 Å². The first-order valence-electron chi connectivity index (χ1n) is 6.49. The summed E-state index contributed by atoms with van der Waals surface area (Å²) in [4.78, 5) is 0. The molecule has 0 fully saturated rings. The average molecular weight is 293 g/mol. The van der Waals surface area contributed by atoms with E-state index in [9.17, 15) is 5.11 Å². The molecule has 0 spiro atoms. The van der Waals surface area contributed by atoms with Crippen molar-refractivity contribution in [2.75, 3.05) is 5.73 Å². The maximum atomic E-state index is 9.87. The van der Waals surface area contributed by atoms with Crippen molar-refractivity contribution in [2.45, 2.75) is 6.92 Å². The molecule has 0 saturated heterocycles. The summed E-state index contributed by atoms with van der Waals surface area (Å²) >= 11 is 0. The van der Waals surface area contributed by atoms with Crippen molar-refractivity contribution in [1.29, 1.82) is 0 Å². The van der Waals surface area contributed by atoms with Gasteiger partial charge in [-0.15, -0.1) is 10.2 Å². The standard InChI is InChI=1S/C16H15N5O/c1-2-11(10-19-18)7-8-12-9-14(20-21-16(12)17)13-5-3-4-6-15(13)22/h2-6,9-10,22H,18H2,1H3,(H2,17,21)/b11-2-,19-10-. The molecule has 1 aromatic carbocycles. The van der Waals surface area contributed by atoms with Crippen LogP contribution in [0, 0.1) is 11.8 Å². The van der Waals surface area contributed by atoms with Crippen LogP contribution in [0.1, 0.15) is 12.5 Å². The number of hydrogen-bond donors (Lipinski definition) is 3. The molecule has 0 atom stereocenters. The Balaban J connectivity index is 2.45. The quantitative estimate of drug-likeness (QED) is 0.337. The third-order valence-electron chi connectivity index (χ3n) is 2.87. The summed E-state index contributed by atoms with van der Waals surface area (Å²) in [5.41, 5.74) is 8.01. The van der Waals surface area contributed by atoms with E-state index in [0.717, 1.165) is 0 Å². The summed E-state index contributed by atoms with van der Waals surface area (Å²) in [6.45, 7) is 1.83. The van der Waals surface area contributed by atoms with Crippen LogP contribution in [0.5, 0.6) is 5.75 Å². The number of benzene rings is 1. The zero-order valence-corrected chi connectivity index (χ0v) is 12.0. The predicted octanol–water partition coefficient (Wildman–Crippen LogP) is 1.67. The molecule has 22 heavy (non-hydrogen) atoms. The van der Waals surface area contributed by atoms with Crippen LogP contribution >= 0.6 is 0 Å². The Hall–Kier alpha value is -3.33. The molecule has 0 aliphatic heterocycles. The van der Waals surface area contributed by atoms with Crippen molar-refractivity contribution in [3.05, 3.63) is 47.5 Å². The molecular weight excluding hydrogens is 278 g/mol. The molecule has 0 unspecified atom stereocenters. The molecule has 0 radical (unpaired) electrons. The van der Waals surface area contributed by atoms with Gasteiger partial charge in [0.25, 0.3) is 0 Å². The van der Waals surface area contributed by atoms with Gasteiger partial charge in [0.1, 0.15) is 5.75 Å². The number of phenols is 1. The smallest absolute Gasteiger partial charge is 0.161 e. The Kier molecular flexibility index (Phi) is 4.73. The number of aromatic hydroxyl groups is 1. The third kappa shape index (κ3) is 3.41. The Morgan fingerprint density at radius 1 is 1.32 bits per heavy atom. The van der Waals surface area contributed by atoms with E-state index in [0.29, 0.717) is 22.4 Å². The maximum absolute atomic E-state index is 9.87. The van der Waals surface area contributed by atoms with Gasteiger partial charge in [0.05, 0.1) is 17.5 Å². The van der Waals surface area contributed by atoms with Crippen LogP contribution in [0.25, 0.3) is 11.3 Å². The molecule has 0 amide bonds. The molecule has 0 aliphatic carbocycles. The van der Waals surface area contributed by atoms with E-state index in [1.807, 2.05) is 6.92 Å². The molecule has 6 heteroatoms. The predicted molar refractivity (Wildman–Crippen MR) is 86.9 cm³/mol. The number of anilines is 1. The van der Waals surface area contributed by atoms with Crippen LogP contribution in [0.3, 0.4) is 0 Å². The minimum Gasteiger partial charge on any atom is -0.507 e. The number of hydrogen-bond acceptors (Lipinski definition) is 6. The molecular formula is C16H15N5O. The number of nitrogen functional groups attached to an aromatic ring is 1. The van der Waals surface area contributed by atoms with Gasteiger partial charge < -0.3 is 16.7 Å². The van der Waals surface area contributed by atoms with E-state index >= 15 is 0 Å². The van der Waals surface area contributed by atoms with E-state index in [4.69, 9.17) is 11.6 Å². The highest BCUT2D eigenvalue weighted by Gasteiger charge is 2.08. The Morgan fingerprint density at radius 3 is 2.77 bits per heavy atom. The number of para-hydroxylation sites is 1. The zero-order valence-electron chi connectivity index (χ0n) is 12.0. The summed E-state index contributed by atoms with van der Waals surface area (Å²) in [6, 6.07) is 8.53. The lowest BCUT2D eigenvalue weighted by Gasteiger charge is -2.04. The van der Waals surface area contributed by atoms with Crippen LogP contribution in [0.4, 0.5) is 5.82 Å². The maximum Gasteiger partial charge on any atom is 0.161 e. The van der Waals surface area contributed by atoms with Gasteiger partial charge in [-0.1, -0.05) is 30.0 Å². The van der Waals surface area contributed by atoms with Gasteiger partial charge in [0.15, 0.2) is 5.82 Å². The zero-order chi connectivity index (χ0) is 15.9. The number of nitrogens with zero attached hydrogens (tertiary/aromatic N) is 3. The van der Waals surface area contributed by atoms with Crippen LogP contribution in [-0.2, 0) is 0 Å². The first kappa shape index (κ1) is 15.1. The van der Waals surface area contributed by atoms with Crippen LogP contribution in [0.15, 0.2) is 47.1 Å². The lowest BCUT2D eigenvalue weighted by Crippen LogP contribution is -1.99. The highest BCUT2D eigenvalue weighted by Crippen LogP contribution is 2.27. The van der Waals surface area contributed by atoms with Crippen LogP contribution in [-0.4, -0.2) is 21.5 Å². The largest absolute Gasteiger partial charge is 0.507 e. The van der Waals surface area contributed by atoms with Gasteiger partial charge in [0.2, 0.25) is 0 Å². The average Bonchev–Trinajstić information content (AvgIpc) is 2.53. The highest BCUT2D eigenvalue weighted by molar-refractivity contribution is 5.84. The topological polar surface area (TPSA) is 110 Å². The monoisotopic (exact) mass is 293 g/mol. The van der Waals surface area contributed by atoms with E-state index in [-0.39, 0.29) is 11.6 Å². The molecule has 0 bridgehead atoms. The SMILES string of the molecule is C/C=C(C#Cc1cc(-c2ccccc2O)nnc1N)\C=N/N. The van der Waals surface area contributed by atoms with Gasteiger partial charge in [-0.25, -0.2) is 0 Å². The summed E-state index contributed by atoms with van der Waals surface area (Å²) in [7, 11) is 0. The molecule has 0 saturated carbocycles. The van der Waals surface area contributed by atoms with E-state index in [2.05, 4.69) is 27.1 Å². The first-order chi connectivity index (χ1) is 10.7. The molecule has 6 nitrogen and oxygen atoms in total. The molecule has 1 aromatic heterocycles. The number of rotatable bonds is 2. The molecule has 1 heterocycles. The summed E-state index contributed by atoms with van der Waals surface area (Å²) in [5.74, 6) is 11.2. The van der Waals surface area contributed by atoms with Crippen molar-refractivity contribution in [3.63, 3.8) is 0 Å². The minimum atomic E-state index is 0.116. The summed E-state index contributed by atoms with van der Waals surface area (Å²) < 4.78 is 0. The van der Waals surface area contributed by atoms with Crippen molar-refractivity contribution in [2.24, 2.45) is 10.9 Å². The van der Waals surface area contributed by atoms with Gasteiger partial charge >= 0.3 is 0 Å². The molecule has 2 rings (SSSR count). The van der Waals surface area contributed by atoms with Gasteiger partial charge in [-0.05, 0) is 25.1 Å². The Labute approximate surface area is 128 Å². The number of allylic oxidation sites excluding steroid dienone is 2. The summed E-state index contributed by atoms with van der Waals surface area (Å²) in [5, 5.41) is 21.2. The minimum absolute atomic E-state index is 0.116. The van der Waals surface area contributed by atoms with E-state index in [1.165, 1.54) is 6.21 Å². The lowest BCUT2D eigenvalue weighted by molar-refractivity contribution is 0.477. The third-order valence-corrected chi connectivity index (χ3v) is 2.87. The molecule has 110 valence electrons. The van der Waals surface area contributed by atoms with Gasteiger partial charge in [-0.2, -0.15) is 5.10 Å². The normalized spacial score (nSPS) is 11.2. The molecule has 5 N–H and O–H groups in total. The van der Waals surface area contributed by atoms with E-state index in [1.54, 1.807) is 36.4 Å². The second-order valence-electron chi connectivity index (χ2n) is 4.32. The Bertz CT molecular complexity index is 800. The second kappa shape index (κ2) is 6.90. The lowest BCUT2D eigenvalue weighted by atomic mass is 10.1. The van der Waals surface area contributed by atoms with E-state index < -0.39 is 0 Å². The van der Waals surface area contributed by atoms with Crippen LogP contribution in [0.2, 0.25) is 0 Å². The number of hydrazone groups is 1. The van der Waals surface area contributed by atoms with Crippen LogP contribution < -0.4 is 11.6 Å². The fraction of sp³-hybridized carbons (Fsp3) is 0.0625. The summed E-state index contributed by atoms with van der Waals surface area (Å²) in [6.07, 6.45) is 3.22. The van der Waals surface area contributed by atoms with Gasteiger partial charge in [0, 0.05) is 11.1 Å². The number of phenolic OH excluding ortho intramolecular Hbond substituents is 1. The van der Waals surface area contributed by atoms with Crippen molar-refractivity contribution < 1.29 is 5.11 Å². The number of aromatic nitrogens is 2. The first-order valence-corrected chi connectivity index (χ1v) is 6.49. The van der Waals surface area contributed by atoms with Crippen molar-refractivity contribution >= 4 is 12.0 Å². The van der Waals surface area contributed by atoms with Crippen molar-refractivity contribution in [3.8, 4) is 28.8 Å². The fourth-order valence-electron chi connectivity index (χ4n) is 1.72. The fourth-order valence-corrected chi connectivity index (χ4v) is 1.72. The molecule has 0 aliphatic rings.